The van der Waals surface area contributed by atoms with Crippen molar-refractivity contribution in [2.45, 2.75) is 44.3 Å². The molecule has 13 nitrogen and oxygen atoms in total. The summed E-state index contributed by atoms with van der Waals surface area (Å²) in [5, 5.41) is 11.3. The van der Waals surface area contributed by atoms with Crippen LogP contribution in [0.25, 0.3) is 0 Å². The van der Waals surface area contributed by atoms with Crippen molar-refractivity contribution >= 4 is 41.4 Å². The number of halogens is 3. The van der Waals surface area contributed by atoms with Crippen molar-refractivity contribution in [2.75, 3.05) is 6.61 Å². The second-order valence-electron chi connectivity index (χ2n) is 8.89. The van der Waals surface area contributed by atoms with Crippen LogP contribution >= 0.6 is 0 Å². The summed E-state index contributed by atoms with van der Waals surface area (Å²) in [6, 6.07) is 7.41. The number of nitrogens with zero attached hydrogens (tertiary/aromatic N) is 1. The zero-order valence-corrected chi connectivity index (χ0v) is 21.7. The Bertz CT molecular complexity index is 1420. The first kappa shape index (κ1) is 31.4. The highest BCUT2D eigenvalue weighted by Crippen LogP contribution is 2.34. The van der Waals surface area contributed by atoms with Crippen LogP contribution in [0.5, 0.6) is 11.5 Å². The molecule has 0 aromatic heterocycles. The summed E-state index contributed by atoms with van der Waals surface area (Å²) in [6.07, 6.45) is -6.16. The van der Waals surface area contributed by atoms with Gasteiger partial charge in [0.15, 0.2) is 17.5 Å². The molecular weight excluding hydrogens is 569 g/mol. The lowest BCUT2D eigenvalue weighted by atomic mass is 10.0. The third-order valence-electron chi connectivity index (χ3n) is 5.73. The van der Waals surface area contributed by atoms with E-state index >= 15 is 0 Å². The Morgan fingerprint density at radius 2 is 1.88 bits per heavy atom. The van der Waals surface area contributed by atoms with E-state index in [0.29, 0.717) is 29.7 Å². The molecule has 0 spiro atoms. The van der Waals surface area contributed by atoms with E-state index in [0.717, 1.165) is 0 Å². The molecule has 2 aromatic carbocycles. The number of rotatable bonds is 8. The molecule has 1 amide bonds. The fourth-order valence-electron chi connectivity index (χ4n) is 3.88. The van der Waals surface area contributed by atoms with Gasteiger partial charge in [-0.05, 0) is 54.7 Å². The number of aliphatic imine (C=N–C) groups is 1. The van der Waals surface area contributed by atoms with Gasteiger partial charge in [-0.15, -0.1) is 0 Å². The molecule has 0 radical (unpaired) electrons. The third kappa shape index (κ3) is 8.67. The zero-order chi connectivity index (χ0) is 31.0. The second kappa shape index (κ2) is 13.5. The number of hydrogen-bond donors (Lipinski definition) is 4. The van der Waals surface area contributed by atoms with Crippen LogP contribution in [0.15, 0.2) is 41.4 Å². The normalized spacial score (nSPS) is 13.6. The van der Waals surface area contributed by atoms with E-state index in [1.807, 2.05) is 5.32 Å². The van der Waals surface area contributed by atoms with Crippen LogP contribution in [0.2, 0.25) is 0 Å². The zero-order valence-electron chi connectivity index (χ0n) is 21.7. The SMILES string of the molecule is NC(N)=Nc1ccc2c(c1)CCCOc1c(CCC(=O)N[C@@H](CC(=O)OC(=O)C(F)(F)F)C(=O)O)cccc1OC2=O. The van der Waals surface area contributed by atoms with E-state index in [2.05, 4.69) is 9.73 Å². The molecule has 1 atom stereocenters. The number of aliphatic carboxylic acids is 1. The largest absolute Gasteiger partial charge is 0.491 e. The summed E-state index contributed by atoms with van der Waals surface area (Å²) >= 11 is 0. The van der Waals surface area contributed by atoms with Crippen LogP contribution in [-0.4, -0.2) is 59.7 Å². The number of para-hydroxylation sites is 1. The number of amides is 1. The van der Waals surface area contributed by atoms with Gasteiger partial charge in [-0.3, -0.25) is 9.59 Å². The average Bonchev–Trinajstić information content (AvgIpc) is 2.89. The summed E-state index contributed by atoms with van der Waals surface area (Å²) in [4.78, 5) is 63.2. The molecule has 3 rings (SSSR count). The number of esters is 3. The van der Waals surface area contributed by atoms with Gasteiger partial charge in [0.05, 0.1) is 24.3 Å². The number of ether oxygens (including phenoxy) is 3. The fraction of sp³-hybridized carbons (Fsp3) is 0.308. The molecule has 0 bridgehead atoms. The minimum absolute atomic E-state index is 0.0334. The van der Waals surface area contributed by atoms with Gasteiger partial charge in [0.25, 0.3) is 0 Å². The highest BCUT2D eigenvalue weighted by atomic mass is 19.4. The highest BCUT2D eigenvalue weighted by Gasteiger charge is 2.43. The number of nitrogens with one attached hydrogen (secondary N) is 1. The minimum atomic E-state index is -5.46. The maximum Gasteiger partial charge on any atom is 0.491 e. The molecule has 0 fully saturated rings. The van der Waals surface area contributed by atoms with Gasteiger partial charge in [-0.2, -0.15) is 13.2 Å². The number of carboxylic acid groups (broad SMARTS) is 1. The predicted molar refractivity (Wildman–Crippen MR) is 137 cm³/mol. The summed E-state index contributed by atoms with van der Waals surface area (Å²) in [6.45, 7) is 0.194. The van der Waals surface area contributed by atoms with E-state index in [1.165, 1.54) is 12.1 Å². The molecule has 0 saturated carbocycles. The number of carboxylic acids is 1. The number of aryl methyl sites for hydroxylation is 2. The molecule has 0 unspecified atom stereocenters. The summed E-state index contributed by atoms with van der Waals surface area (Å²) in [7, 11) is 0. The topological polar surface area (TPSA) is 210 Å². The molecular formula is C26H25F3N4O9. The van der Waals surface area contributed by atoms with E-state index < -0.39 is 48.4 Å². The Morgan fingerprint density at radius 1 is 1.14 bits per heavy atom. The van der Waals surface area contributed by atoms with Crippen molar-refractivity contribution < 1.29 is 56.5 Å². The fourth-order valence-corrected chi connectivity index (χ4v) is 3.88. The van der Waals surface area contributed by atoms with Crippen LogP contribution in [0, 0.1) is 0 Å². The summed E-state index contributed by atoms with van der Waals surface area (Å²) in [5.74, 6) is -7.78. The molecule has 2 aromatic rings. The molecule has 6 N–H and O–H groups in total. The lowest BCUT2D eigenvalue weighted by Crippen LogP contribution is -2.43. The quantitative estimate of drug-likeness (QED) is 0.114. The number of hydrogen-bond acceptors (Lipinski definition) is 9. The van der Waals surface area contributed by atoms with Crippen molar-refractivity contribution in [1.29, 1.82) is 0 Å². The van der Waals surface area contributed by atoms with Gasteiger partial charge in [-0.1, -0.05) is 12.1 Å². The maximum atomic E-state index is 13.0. The Hall–Kier alpha value is -5.15. The first-order chi connectivity index (χ1) is 19.7. The minimum Gasteiger partial charge on any atom is -0.489 e. The number of carbonyl (C=O) groups excluding carboxylic acids is 4. The molecule has 1 aliphatic rings. The van der Waals surface area contributed by atoms with E-state index in [4.69, 9.17) is 20.9 Å². The number of guanidine groups is 1. The second-order valence-corrected chi connectivity index (χ2v) is 8.89. The van der Waals surface area contributed by atoms with Crippen LogP contribution in [0.3, 0.4) is 0 Å². The maximum absolute atomic E-state index is 13.0. The highest BCUT2D eigenvalue weighted by molar-refractivity contribution is 5.94. The Morgan fingerprint density at radius 3 is 2.55 bits per heavy atom. The summed E-state index contributed by atoms with van der Waals surface area (Å²) in [5.41, 5.74) is 12.7. The first-order valence-corrected chi connectivity index (χ1v) is 12.3. The Labute approximate surface area is 235 Å². The van der Waals surface area contributed by atoms with E-state index in [-0.39, 0.29) is 42.5 Å². The summed E-state index contributed by atoms with van der Waals surface area (Å²) < 4.78 is 51.8. The Balaban J connectivity index is 1.70. The molecule has 0 saturated heterocycles. The average molecular weight is 594 g/mol. The van der Waals surface area contributed by atoms with E-state index in [9.17, 15) is 42.3 Å². The Kier molecular flexibility index (Phi) is 10.1. The van der Waals surface area contributed by atoms with Crippen LogP contribution in [0.1, 0.15) is 40.7 Å². The number of fused-ring (bicyclic) bond motifs is 2. The van der Waals surface area contributed by atoms with Gasteiger partial charge in [0, 0.05) is 6.42 Å². The third-order valence-corrected chi connectivity index (χ3v) is 5.73. The van der Waals surface area contributed by atoms with Crippen LogP contribution in [-0.2, 0) is 36.8 Å². The number of nitrogens with two attached hydrogens (primary N) is 2. The van der Waals surface area contributed by atoms with Gasteiger partial charge >= 0.3 is 30.1 Å². The first-order valence-electron chi connectivity index (χ1n) is 12.3. The smallest absolute Gasteiger partial charge is 0.489 e. The lowest BCUT2D eigenvalue weighted by Gasteiger charge is -2.19. The van der Waals surface area contributed by atoms with Crippen molar-refractivity contribution in [1.82, 2.24) is 5.32 Å². The standard InChI is InChI=1S/C26H25F3N4O9/c27-26(28,29)24(39)42-20(35)12-17(22(36)37)33-19(34)9-6-13-3-1-5-18-21(13)40-10-2-4-14-11-15(32-25(30)31)7-8-16(14)23(38)41-18/h1,3,5,7-8,11,17H,2,4,6,9-10,12H2,(H,33,34)(H,36,37)(H4,30,31,32)/t17-/m0/s1. The molecule has 16 heteroatoms. The molecule has 42 heavy (non-hydrogen) atoms. The van der Waals surface area contributed by atoms with Crippen LogP contribution in [0.4, 0.5) is 18.9 Å². The van der Waals surface area contributed by atoms with E-state index in [1.54, 1.807) is 24.3 Å². The van der Waals surface area contributed by atoms with Crippen LogP contribution < -0.4 is 26.3 Å². The number of alkyl halides is 3. The molecule has 224 valence electrons. The van der Waals surface area contributed by atoms with Gasteiger partial charge in [0.2, 0.25) is 5.91 Å². The van der Waals surface area contributed by atoms with Gasteiger partial charge < -0.3 is 36.1 Å². The molecule has 0 aliphatic carbocycles. The van der Waals surface area contributed by atoms with Crippen molar-refractivity contribution in [3.8, 4) is 11.5 Å². The number of benzene rings is 2. The molecule has 1 heterocycles. The van der Waals surface area contributed by atoms with Crippen molar-refractivity contribution in [3.05, 3.63) is 53.1 Å². The predicted octanol–water partition coefficient (Wildman–Crippen LogP) is 1.66. The van der Waals surface area contributed by atoms with Crippen molar-refractivity contribution in [2.24, 2.45) is 16.5 Å². The lowest BCUT2D eigenvalue weighted by molar-refractivity contribution is -0.202. The van der Waals surface area contributed by atoms with Gasteiger partial charge in [-0.25, -0.2) is 19.4 Å². The van der Waals surface area contributed by atoms with Crippen molar-refractivity contribution in [3.63, 3.8) is 0 Å². The number of carbonyl (C=O) groups is 5. The monoisotopic (exact) mass is 594 g/mol. The molecule has 1 aliphatic heterocycles. The van der Waals surface area contributed by atoms with Gasteiger partial charge in [0.1, 0.15) is 6.04 Å².